The average Bonchev–Trinajstić information content (AvgIpc) is 2.92. The van der Waals surface area contributed by atoms with Gasteiger partial charge < -0.3 is 5.73 Å². The monoisotopic (exact) mass is 342 g/mol. The Kier molecular flexibility index (Phi) is 3.86. The lowest BCUT2D eigenvalue weighted by Gasteiger charge is -2.11. The Balaban J connectivity index is 2.22. The maximum absolute atomic E-state index is 5.81. The van der Waals surface area contributed by atoms with Crippen molar-refractivity contribution in [2.24, 2.45) is 5.73 Å². The van der Waals surface area contributed by atoms with E-state index in [0.717, 1.165) is 27.4 Å². The van der Waals surface area contributed by atoms with E-state index in [4.69, 9.17) is 5.73 Å². The molecule has 0 aliphatic carbocycles. The van der Waals surface area contributed by atoms with E-state index in [1.54, 1.807) is 0 Å². The highest BCUT2D eigenvalue weighted by molar-refractivity contribution is 9.10. The van der Waals surface area contributed by atoms with E-state index in [-0.39, 0.29) is 0 Å². The SMILES string of the molecule is Cc1ccc(-c2nnc(CN)n2-c2ccccc2)c(Br)c1. The van der Waals surface area contributed by atoms with Gasteiger partial charge in [-0.2, -0.15) is 0 Å². The van der Waals surface area contributed by atoms with Crippen LogP contribution >= 0.6 is 15.9 Å². The first-order chi connectivity index (χ1) is 10.2. The van der Waals surface area contributed by atoms with Crippen molar-refractivity contribution in [3.8, 4) is 17.1 Å². The number of benzene rings is 2. The number of nitrogens with two attached hydrogens (primary N) is 1. The molecule has 0 radical (unpaired) electrons. The van der Waals surface area contributed by atoms with Crippen LogP contribution in [0.1, 0.15) is 11.4 Å². The van der Waals surface area contributed by atoms with E-state index in [0.29, 0.717) is 6.54 Å². The second-order valence-electron chi connectivity index (χ2n) is 4.80. The average molecular weight is 343 g/mol. The van der Waals surface area contributed by atoms with Gasteiger partial charge in [0.1, 0.15) is 0 Å². The van der Waals surface area contributed by atoms with Crippen molar-refractivity contribution < 1.29 is 0 Å². The number of hydrogen-bond donors (Lipinski definition) is 1. The molecule has 2 aromatic carbocycles. The standard InChI is InChI=1S/C16H15BrN4/c1-11-7-8-13(14(17)9-11)16-20-19-15(10-18)21(16)12-5-3-2-4-6-12/h2-9H,10,18H2,1H3. The molecule has 0 saturated heterocycles. The molecule has 21 heavy (non-hydrogen) atoms. The number of rotatable bonds is 3. The summed E-state index contributed by atoms with van der Waals surface area (Å²) in [5, 5.41) is 8.55. The zero-order chi connectivity index (χ0) is 14.8. The van der Waals surface area contributed by atoms with Crippen LogP contribution in [-0.2, 0) is 6.54 Å². The predicted molar refractivity (Wildman–Crippen MR) is 87.1 cm³/mol. The van der Waals surface area contributed by atoms with Crippen LogP contribution in [0.3, 0.4) is 0 Å². The zero-order valence-corrected chi connectivity index (χ0v) is 13.2. The third-order valence-electron chi connectivity index (χ3n) is 3.29. The van der Waals surface area contributed by atoms with Gasteiger partial charge in [-0.1, -0.05) is 40.2 Å². The van der Waals surface area contributed by atoms with Crippen molar-refractivity contribution in [2.45, 2.75) is 13.5 Å². The minimum absolute atomic E-state index is 0.339. The van der Waals surface area contributed by atoms with Crippen LogP contribution in [0.2, 0.25) is 0 Å². The molecular formula is C16H15BrN4. The van der Waals surface area contributed by atoms with Crippen molar-refractivity contribution in [3.05, 3.63) is 64.4 Å². The van der Waals surface area contributed by atoms with Gasteiger partial charge in [0, 0.05) is 15.7 Å². The summed E-state index contributed by atoms with van der Waals surface area (Å²) in [6, 6.07) is 16.2. The van der Waals surface area contributed by atoms with E-state index < -0.39 is 0 Å². The minimum Gasteiger partial charge on any atom is -0.324 e. The van der Waals surface area contributed by atoms with Gasteiger partial charge in [-0.15, -0.1) is 10.2 Å². The second-order valence-corrected chi connectivity index (χ2v) is 5.65. The van der Waals surface area contributed by atoms with Gasteiger partial charge in [-0.3, -0.25) is 4.57 Å². The summed E-state index contributed by atoms with van der Waals surface area (Å²) in [5.74, 6) is 1.53. The van der Waals surface area contributed by atoms with Crippen LogP contribution in [0, 0.1) is 6.92 Å². The van der Waals surface area contributed by atoms with Crippen LogP contribution in [0.5, 0.6) is 0 Å². The third kappa shape index (κ3) is 2.62. The topological polar surface area (TPSA) is 56.7 Å². The van der Waals surface area contributed by atoms with Gasteiger partial charge in [-0.25, -0.2) is 0 Å². The number of aromatic nitrogens is 3. The Hall–Kier alpha value is -1.98. The van der Waals surface area contributed by atoms with Crippen molar-refractivity contribution >= 4 is 15.9 Å². The van der Waals surface area contributed by atoms with Gasteiger partial charge in [-0.05, 0) is 36.8 Å². The largest absolute Gasteiger partial charge is 0.324 e. The molecule has 3 rings (SSSR count). The van der Waals surface area contributed by atoms with Crippen LogP contribution < -0.4 is 5.73 Å². The quantitative estimate of drug-likeness (QED) is 0.792. The summed E-state index contributed by atoms with van der Waals surface area (Å²) >= 11 is 3.61. The third-order valence-corrected chi connectivity index (χ3v) is 3.95. The molecule has 0 aliphatic rings. The smallest absolute Gasteiger partial charge is 0.169 e. The second kappa shape index (κ2) is 5.79. The Morgan fingerprint density at radius 2 is 1.86 bits per heavy atom. The summed E-state index contributed by atoms with van der Waals surface area (Å²) in [5.41, 5.74) is 9.00. The van der Waals surface area contributed by atoms with Crippen LogP contribution in [-0.4, -0.2) is 14.8 Å². The number of nitrogens with zero attached hydrogens (tertiary/aromatic N) is 3. The van der Waals surface area contributed by atoms with E-state index in [1.165, 1.54) is 5.56 Å². The first-order valence-corrected chi connectivity index (χ1v) is 7.46. The molecule has 0 saturated carbocycles. The van der Waals surface area contributed by atoms with Gasteiger partial charge in [0.05, 0.1) is 6.54 Å². The Morgan fingerprint density at radius 1 is 1.10 bits per heavy atom. The Labute approximate surface area is 131 Å². The van der Waals surface area contributed by atoms with Gasteiger partial charge in [0.15, 0.2) is 11.6 Å². The molecule has 4 nitrogen and oxygen atoms in total. The van der Waals surface area contributed by atoms with Crippen molar-refractivity contribution in [3.63, 3.8) is 0 Å². The van der Waals surface area contributed by atoms with Crippen LogP contribution in [0.4, 0.5) is 0 Å². The Bertz CT molecular complexity index is 765. The molecule has 2 N–H and O–H groups in total. The maximum Gasteiger partial charge on any atom is 0.169 e. The zero-order valence-electron chi connectivity index (χ0n) is 11.6. The molecule has 5 heteroatoms. The highest BCUT2D eigenvalue weighted by atomic mass is 79.9. The summed E-state index contributed by atoms with van der Waals surface area (Å²) in [7, 11) is 0. The van der Waals surface area contributed by atoms with Gasteiger partial charge >= 0.3 is 0 Å². The Morgan fingerprint density at radius 3 is 2.52 bits per heavy atom. The van der Waals surface area contributed by atoms with Gasteiger partial charge in [0.25, 0.3) is 0 Å². The van der Waals surface area contributed by atoms with E-state index in [1.807, 2.05) is 41.0 Å². The molecule has 106 valence electrons. The fourth-order valence-corrected chi connectivity index (χ4v) is 2.94. The number of hydrogen-bond acceptors (Lipinski definition) is 3. The number of halogens is 1. The molecule has 0 spiro atoms. The predicted octanol–water partition coefficient (Wildman–Crippen LogP) is 3.46. The molecule has 1 heterocycles. The molecule has 0 fully saturated rings. The summed E-state index contributed by atoms with van der Waals surface area (Å²) in [4.78, 5) is 0. The molecule has 0 unspecified atom stereocenters. The maximum atomic E-state index is 5.81. The molecule has 0 bridgehead atoms. The van der Waals surface area contributed by atoms with E-state index in [2.05, 4.69) is 45.2 Å². The molecular weight excluding hydrogens is 328 g/mol. The highest BCUT2D eigenvalue weighted by Crippen LogP contribution is 2.30. The summed E-state index contributed by atoms with van der Waals surface area (Å²) in [6.07, 6.45) is 0. The fourth-order valence-electron chi connectivity index (χ4n) is 2.27. The first-order valence-electron chi connectivity index (χ1n) is 6.67. The minimum atomic E-state index is 0.339. The van der Waals surface area contributed by atoms with Crippen LogP contribution in [0.25, 0.3) is 17.1 Å². The van der Waals surface area contributed by atoms with E-state index in [9.17, 15) is 0 Å². The summed E-state index contributed by atoms with van der Waals surface area (Å²) in [6.45, 7) is 2.40. The van der Waals surface area contributed by atoms with Crippen LogP contribution in [0.15, 0.2) is 53.0 Å². The van der Waals surface area contributed by atoms with Gasteiger partial charge in [0.2, 0.25) is 0 Å². The number of aryl methyl sites for hydroxylation is 1. The van der Waals surface area contributed by atoms with Crippen molar-refractivity contribution in [1.29, 1.82) is 0 Å². The summed E-state index contributed by atoms with van der Waals surface area (Å²) < 4.78 is 2.99. The molecule has 0 atom stereocenters. The number of para-hydroxylation sites is 1. The molecule has 0 amide bonds. The lowest BCUT2D eigenvalue weighted by molar-refractivity contribution is 0.861. The highest BCUT2D eigenvalue weighted by Gasteiger charge is 2.16. The normalized spacial score (nSPS) is 10.8. The first kappa shape index (κ1) is 14.0. The van der Waals surface area contributed by atoms with Crippen molar-refractivity contribution in [1.82, 2.24) is 14.8 Å². The lowest BCUT2D eigenvalue weighted by atomic mass is 10.1. The fraction of sp³-hybridized carbons (Fsp3) is 0.125. The molecule has 3 aromatic rings. The molecule has 0 aliphatic heterocycles. The molecule has 1 aromatic heterocycles. The van der Waals surface area contributed by atoms with E-state index >= 15 is 0 Å². The van der Waals surface area contributed by atoms with Crippen molar-refractivity contribution in [2.75, 3.05) is 0 Å². The lowest BCUT2D eigenvalue weighted by Crippen LogP contribution is -2.08.